The Morgan fingerprint density at radius 3 is 2.40 bits per heavy atom. The minimum Gasteiger partial charge on any atom is -0.481 e. The van der Waals surface area contributed by atoms with Gasteiger partial charge in [-0.3, -0.25) is 9.59 Å². The Morgan fingerprint density at radius 2 is 1.95 bits per heavy atom. The van der Waals surface area contributed by atoms with Crippen LogP contribution in [0.3, 0.4) is 0 Å². The lowest BCUT2D eigenvalue weighted by Gasteiger charge is -2.22. The van der Waals surface area contributed by atoms with E-state index in [0.29, 0.717) is 0 Å². The molecule has 116 valence electrons. The summed E-state index contributed by atoms with van der Waals surface area (Å²) in [6.45, 7) is 9.61. The largest absolute Gasteiger partial charge is 0.481 e. The second kappa shape index (κ2) is 6.57. The molecule has 0 unspecified atom stereocenters. The first-order valence-corrected chi connectivity index (χ1v) is 7.43. The van der Waals surface area contributed by atoms with Crippen molar-refractivity contribution in [3.05, 3.63) is 0 Å². The van der Waals surface area contributed by atoms with Crippen molar-refractivity contribution in [2.75, 3.05) is 20.1 Å². The van der Waals surface area contributed by atoms with E-state index in [2.05, 4.69) is 17.1 Å². The van der Waals surface area contributed by atoms with Gasteiger partial charge in [0.25, 0.3) is 0 Å². The van der Waals surface area contributed by atoms with Gasteiger partial charge in [-0.15, -0.1) is 0 Å². The molecule has 5 nitrogen and oxygen atoms in total. The lowest BCUT2D eigenvalue weighted by Crippen LogP contribution is -2.42. The van der Waals surface area contributed by atoms with Crippen LogP contribution in [0, 0.1) is 17.3 Å². The zero-order chi connectivity index (χ0) is 15.5. The fourth-order valence-corrected chi connectivity index (χ4v) is 2.95. The molecule has 5 heteroatoms. The predicted octanol–water partition coefficient (Wildman–Crippen LogP) is 1.58. The molecule has 1 aliphatic rings. The Hall–Kier alpha value is -1.10. The van der Waals surface area contributed by atoms with Gasteiger partial charge in [-0.2, -0.15) is 0 Å². The van der Waals surface area contributed by atoms with Crippen LogP contribution in [0.15, 0.2) is 0 Å². The predicted molar refractivity (Wildman–Crippen MR) is 78.4 cm³/mol. The van der Waals surface area contributed by atoms with Crippen LogP contribution in [0.25, 0.3) is 0 Å². The minimum atomic E-state index is -0.872. The van der Waals surface area contributed by atoms with E-state index in [1.54, 1.807) is 0 Å². The average molecular weight is 284 g/mol. The van der Waals surface area contributed by atoms with Crippen LogP contribution in [0.4, 0.5) is 0 Å². The maximum absolute atomic E-state index is 12.1. The molecule has 0 aromatic heterocycles. The number of aliphatic carboxylic acids is 1. The van der Waals surface area contributed by atoms with Gasteiger partial charge >= 0.3 is 5.97 Å². The summed E-state index contributed by atoms with van der Waals surface area (Å²) in [5.41, 5.74) is -0.427. The highest BCUT2D eigenvalue weighted by atomic mass is 16.4. The van der Waals surface area contributed by atoms with Crippen molar-refractivity contribution in [1.82, 2.24) is 10.2 Å². The fourth-order valence-electron chi connectivity index (χ4n) is 2.95. The standard InChI is InChI=1S/C15H28N2O3/c1-6-7-8-17(5)9-10(2)16-13(18)11-12(14(19)20)15(11,3)4/h10-12H,6-9H2,1-5H3,(H,16,18)(H,19,20)/t10-,11-,12+/m0/s1. The highest BCUT2D eigenvalue weighted by Gasteiger charge is 2.65. The molecular formula is C15H28N2O3. The van der Waals surface area contributed by atoms with Crippen LogP contribution in [0.2, 0.25) is 0 Å². The van der Waals surface area contributed by atoms with Gasteiger partial charge in [-0.05, 0) is 32.4 Å². The maximum Gasteiger partial charge on any atom is 0.307 e. The number of likely N-dealkylation sites (N-methyl/N-ethyl adjacent to an activating group) is 1. The molecule has 2 N–H and O–H groups in total. The number of unbranched alkanes of at least 4 members (excludes halogenated alkanes) is 1. The van der Waals surface area contributed by atoms with E-state index < -0.39 is 23.2 Å². The van der Waals surface area contributed by atoms with Gasteiger partial charge in [0, 0.05) is 12.6 Å². The Morgan fingerprint density at radius 1 is 1.35 bits per heavy atom. The molecule has 0 aromatic carbocycles. The molecule has 1 rings (SSSR count). The molecule has 0 aromatic rings. The summed E-state index contributed by atoms with van der Waals surface area (Å²) < 4.78 is 0. The SMILES string of the molecule is CCCCN(C)C[C@H](C)NC(=O)[C@@H]1[C@H](C(=O)O)C1(C)C. The highest BCUT2D eigenvalue weighted by Crippen LogP contribution is 2.58. The topological polar surface area (TPSA) is 69.6 Å². The number of carbonyl (C=O) groups is 2. The average Bonchev–Trinajstić information content (AvgIpc) is 2.89. The number of carboxylic acid groups (broad SMARTS) is 1. The van der Waals surface area contributed by atoms with E-state index in [0.717, 1.165) is 25.9 Å². The molecule has 1 amide bonds. The minimum absolute atomic E-state index is 0.0372. The summed E-state index contributed by atoms with van der Waals surface area (Å²) in [5, 5.41) is 12.0. The lowest BCUT2D eigenvalue weighted by molar-refractivity contribution is -0.140. The number of amides is 1. The molecule has 1 saturated carbocycles. The van der Waals surface area contributed by atoms with E-state index in [1.165, 1.54) is 0 Å². The number of carboxylic acids is 1. The van der Waals surface area contributed by atoms with Crippen molar-refractivity contribution < 1.29 is 14.7 Å². The fraction of sp³-hybridized carbons (Fsp3) is 0.867. The third kappa shape index (κ3) is 3.95. The van der Waals surface area contributed by atoms with Gasteiger partial charge in [0.05, 0.1) is 11.8 Å². The summed E-state index contributed by atoms with van der Waals surface area (Å²) in [5.74, 6) is -1.95. The lowest BCUT2D eigenvalue weighted by atomic mass is 10.1. The summed E-state index contributed by atoms with van der Waals surface area (Å²) in [4.78, 5) is 25.4. The summed E-state index contributed by atoms with van der Waals surface area (Å²) >= 11 is 0. The molecule has 0 radical (unpaired) electrons. The monoisotopic (exact) mass is 284 g/mol. The Bertz CT molecular complexity index is 368. The zero-order valence-electron chi connectivity index (χ0n) is 13.3. The molecule has 0 heterocycles. The Kier molecular flexibility index (Phi) is 5.57. The van der Waals surface area contributed by atoms with Crippen molar-refractivity contribution in [3.8, 4) is 0 Å². The first kappa shape index (κ1) is 17.0. The van der Waals surface area contributed by atoms with Crippen molar-refractivity contribution in [2.45, 2.75) is 46.6 Å². The molecule has 0 spiro atoms. The van der Waals surface area contributed by atoms with E-state index in [1.807, 2.05) is 27.8 Å². The van der Waals surface area contributed by atoms with Crippen molar-refractivity contribution in [1.29, 1.82) is 0 Å². The van der Waals surface area contributed by atoms with Gasteiger partial charge < -0.3 is 15.3 Å². The number of hydrogen-bond donors (Lipinski definition) is 2. The van der Waals surface area contributed by atoms with Gasteiger partial charge in [-0.25, -0.2) is 0 Å². The van der Waals surface area contributed by atoms with Gasteiger partial charge in [0.1, 0.15) is 0 Å². The van der Waals surface area contributed by atoms with Crippen LogP contribution in [0.1, 0.15) is 40.5 Å². The third-order valence-electron chi connectivity index (χ3n) is 4.24. The molecular weight excluding hydrogens is 256 g/mol. The Labute approximate surface area is 121 Å². The van der Waals surface area contributed by atoms with E-state index in [-0.39, 0.29) is 11.9 Å². The molecule has 20 heavy (non-hydrogen) atoms. The van der Waals surface area contributed by atoms with Crippen molar-refractivity contribution in [2.24, 2.45) is 17.3 Å². The number of nitrogens with zero attached hydrogens (tertiary/aromatic N) is 1. The number of nitrogens with one attached hydrogen (secondary N) is 1. The van der Waals surface area contributed by atoms with Gasteiger partial charge in [0.2, 0.25) is 5.91 Å². The number of hydrogen-bond acceptors (Lipinski definition) is 3. The normalized spacial score (nSPS) is 25.3. The summed E-state index contributed by atoms with van der Waals surface area (Å²) in [7, 11) is 2.04. The second-order valence-electron chi connectivity index (χ2n) is 6.64. The van der Waals surface area contributed by atoms with Gasteiger partial charge in [0.15, 0.2) is 0 Å². The van der Waals surface area contributed by atoms with E-state index >= 15 is 0 Å². The van der Waals surface area contributed by atoms with E-state index in [9.17, 15) is 9.59 Å². The molecule has 0 aliphatic heterocycles. The van der Waals surface area contributed by atoms with Crippen molar-refractivity contribution in [3.63, 3.8) is 0 Å². The first-order valence-electron chi connectivity index (χ1n) is 7.43. The quantitative estimate of drug-likeness (QED) is 0.710. The van der Waals surface area contributed by atoms with Crippen LogP contribution in [0.5, 0.6) is 0 Å². The van der Waals surface area contributed by atoms with Crippen LogP contribution in [-0.4, -0.2) is 48.1 Å². The third-order valence-corrected chi connectivity index (χ3v) is 4.24. The number of carbonyl (C=O) groups excluding carboxylic acids is 1. The van der Waals surface area contributed by atoms with Crippen LogP contribution in [-0.2, 0) is 9.59 Å². The van der Waals surface area contributed by atoms with E-state index in [4.69, 9.17) is 5.11 Å². The maximum atomic E-state index is 12.1. The van der Waals surface area contributed by atoms with Gasteiger partial charge in [-0.1, -0.05) is 27.2 Å². The molecule has 0 saturated heterocycles. The molecule has 0 bridgehead atoms. The second-order valence-corrected chi connectivity index (χ2v) is 6.64. The molecule has 1 fully saturated rings. The Balaban J connectivity index is 2.41. The van der Waals surface area contributed by atoms with Crippen LogP contribution < -0.4 is 5.32 Å². The summed E-state index contributed by atoms with van der Waals surface area (Å²) in [6.07, 6.45) is 2.30. The zero-order valence-corrected chi connectivity index (χ0v) is 13.3. The van der Waals surface area contributed by atoms with Crippen LogP contribution >= 0.6 is 0 Å². The molecule has 1 aliphatic carbocycles. The van der Waals surface area contributed by atoms with Crippen molar-refractivity contribution >= 4 is 11.9 Å². The smallest absolute Gasteiger partial charge is 0.307 e. The number of rotatable bonds is 8. The first-order chi connectivity index (χ1) is 9.21. The molecule has 3 atom stereocenters. The highest BCUT2D eigenvalue weighted by molar-refractivity contribution is 5.91. The summed E-state index contributed by atoms with van der Waals surface area (Å²) in [6, 6.07) is 0.0372.